The van der Waals surface area contributed by atoms with Crippen LogP contribution in [0.5, 0.6) is 11.8 Å². The van der Waals surface area contributed by atoms with Crippen LogP contribution >= 0.6 is 11.8 Å². The second-order valence-corrected chi connectivity index (χ2v) is 7.81. The van der Waals surface area contributed by atoms with Crippen molar-refractivity contribution in [3.63, 3.8) is 0 Å². The predicted molar refractivity (Wildman–Crippen MR) is 103 cm³/mol. The number of aromatic nitrogens is 3. The van der Waals surface area contributed by atoms with E-state index in [1.807, 2.05) is 0 Å². The number of sulfonamides is 1. The van der Waals surface area contributed by atoms with Gasteiger partial charge >= 0.3 is 10.0 Å². The number of pyridine rings is 1. The van der Waals surface area contributed by atoms with Gasteiger partial charge in [0.25, 0.3) is 0 Å². The maximum absolute atomic E-state index is 12.7. The van der Waals surface area contributed by atoms with Gasteiger partial charge in [-0.2, -0.15) is 22.8 Å². The molecule has 0 saturated heterocycles. The standard InChI is InChI=1S/C15H16N6O6S2/c1-25-10-8-11(26-2)18-14(17-10)19-15(22)21-29(23,24)13-9(4-3-5-16-13)12-20-27-6-7-28-12/h3-5,8H,6-7H2,1-2H3,(H2,17,18,19,21,22)/p-1. The summed E-state index contributed by atoms with van der Waals surface area (Å²) < 4.78 is 38.5. The summed E-state index contributed by atoms with van der Waals surface area (Å²) in [5.41, 5.74) is 0.188. The molecule has 0 atom stereocenters. The zero-order chi connectivity index (χ0) is 20.9. The van der Waals surface area contributed by atoms with E-state index in [1.165, 1.54) is 44.3 Å². The molecule has 0 unspecified atom stereocenters. The van der Waals surface area contributed by atoms with Gasteiger partial charge in [-0.25, -0.2) is 4.98 Å². The molecule has 0 fully saturated rings. The molecule has 1 N–H and O–H groups in total. The van der Waals surface area contributed by atoms with Crippen molar-refractivity contribution < 1.29 is 27.8 Å². The van der Waals surface area contributed by atoms with Crippen LogP contribution in [0, 0.1) is 0 Å². The van der Waals surface area contributed by atoms with E-state index in [9.17, 15) is 13.5 Å². The molecule has 0 saturated carbocycles. The molecule has 1 aliphatic heterocycles. The first-order valence-electron chi connectivity index (χ1n) is 7.97. The molecule has 1 aliphatic rings. The van der Waals surface area contributed by atoms with Crippen molar-refractivity contribution in [1.29, 1.82) is 0 Å². The van der Waals surface area contributed by atoms with E-state index in [0.717, 1.165) is 0 Å². The van der Waals surface area contributed by atoms with Crippen LogP contribution in [0.2, 0.25) is 0 Å². The fraction of sp³-hybridized carbons (Fsp3) is 0.267. The Morgan fingerprint density at radius 1 is 1.31 bits per heavy atom. The first-order chi connectivity index (χ1) is 13.9. The average Bonchev–Trinajstić information content (AvgIpc) is 2.73. The molecule has 0 aliphatic carbocycles. The second kappa shape index (κ2) is 8.91. The predicted octanol–water partition coefficient (Wildman–Crippen LogP) is -0.169. The number of thioether (sulfide) groups is 1. The fourth-order valence-corrected chi connectivity index (χ4v) is 3.96. The molecule has 2 aromatic rings. The quantitative estimate of drug-likeness (QED) is 0.470. The number of hydrogen-bond acceptors (Lipinski definition) is 11. The molecule has 0 bridgehead atoms. The van der Waals surface area contributed by atoms with Gasteiger partial charge in [0.2, 0.25) is 17.7 Å². The summed E-state index contributed by atoms with van der Waals surface area (Å²) in [6.45, 7) is 0.410. The highest BCUT2D eigenvalue weighted by Crippen LogP contribution is 2.24. The fourth-order valence-electron chi connectivity index (χ4n) is 2.13. The van der Waals surface area contributed by atoms with Crippen molar-refractivity contribution in [2.75, 3.05) is 31.9 Å². The topological polar surface area (TPSA) is 160 Å². The van der Waals surface area contributed by atoms with Crippen LogP contribution < -0.4 is 19.9 Å². The summed E-state index contributed by atoms with van der Waals surface area (Å²) in [5, 5.41) is 18.1. The molecule has 29 heavy (non-hydrogen) atoms. The Labute approximate surface area is 170 Å². The van der Waals surface area contributed by atoms with Crippen LogP contribution in [-0.2, 0) is 14.9 Å². The number of oxime groups is 1. The van der Waals surface area contributed by atoms with Crippen molar-refractivity contribution in [2.45, 2.75) is 5.03 Å². The summed E-state index contributed by atoms with van der Waals surface area (Å²) in [6.07, 6.45) is 1.27. The summed E-state index contributed by atoms with van der Waals surface area (Å²) in [5.74, 6) is 0.565. The number of anilines is 1. The van der Waals surface area contributed by atoms with Crippen molar-refractivity contribution in [3.05, 3.63) is 30.0 Å². The first-order valence-corrected chi connectivity index (χ1v) is 10.4. The zero-order valence-corrected chi connectivity index (χ0v) is 16.9. The third kappa shape index (κ3) is 5.03. The number of hydrogen-bond donors (Lipinski definition) is 1. The van der Waals surface area contributed by atoms with Crippen LogP contribution in [0.15, 0.2) is 39.0 Å². The van der Waals surface area contributed by atoms with Crippen LogP contribution in [0.4, 0.5) is 5.95 Å². The SMILES string of the molecule is COc1cc(OC)nc(N/C([O-])=N/S(=O)(=O)c2ncccc2C2=NOCCS2)n1. The van der Waals surface area contributed by atoms with Gasteiger partial charge < -0.3 is 24.7 Å². The van der Waals surface area contributed by atoms with Crippen molar-refractivity contribution >= 4 is 38.8 Å². The molecular formula is C15H15N6O6S2-. The number of nitrogens with zero attached hydrogens (tertiary/aromatic N) is 5. The number of methoxy groups -OCH3 is 2. The van der Waals surface area contributed by atoms with Crippen LogP contribution in [0.1, 0.15) is 5.56 Å². The summed E-state index contributed by atoms with van der Waals surface area (Å²) in [6, 6.07) is 3.21. The van der Waals surface area contributed by atoms with Gasteiger partial charge in [-0.1, -0.05) is 16.9 Å². The van der Waals surface area contributed by atoms with E-state index in [-0.39, 0.29) is 23.3 Å². The van der Waals surface area contributed by atoms with Crippen molar-refractivity contribution in [3.8, 4) is 11.8 Å². The van der Waals surface area contributed by atoms with Crippen LogP contribution in [0.25, 0.3) is 0 Å². The number of ether oxygens (including phenoxy) is 2. The van der Waals surface area contributed by atoms with Gasteiger partial charge in [-0.3, -0.25) is 0 Å². The molecule has 0 radical (unpaired) electrons. The zero-order valence-electron chi connectivity index (χ0n) is 15.2. The van der Waals surface area contributed by atoms with E-state index in [4.69, 9.17) is 14.3 Å². The highest BCUT2D eigenvalue weighted by molar-refractivity contribution is 8.14. The van der Waals surface area contributed by atoms with Gasteiger partial charge in [0, 0.05) is 17.5 Å². The highest BCUT2D eigenvalue weighted by atomic mass is 32.2. The Morgan fingerprint density at radius 3 is 2.66 bits per heavy atom. The molecule has 154 valence electrons. The molecule has 14 heteroatoms. The summed E-state index contributed by atoms with van der Waals surface area (Å²) in [7, 11) is -1.73. The molecule has 2 aromatic heterocycles. The van der Waals surface area contributed by atoms with Gasteiger partial charge in [0.15, 0.2) is 5.03 Å². The number of amidine groups is 1. The normalized spacial score (nSPS) is 14.6. The highest BCUT2D eigenvalue weighted by Gasteiger charge is 2.24. The molecule has 3 heterocycles. The lowest BCUT2D eigenvalue weighted by molar-refractivity contribution is -0.213. The van der Waals surface area contributed by atoms with E-state index in [1.54, 1.807) is 6.07 Å². The van der Waals surface area contributed by atoms with Gasteiger partial charge in [-0.15, -0.1) is 0 Å². The smallest absolute Gasteiger partial charge is 0.301 e. The third-order valence-electron chi connectivity index (χ3n) is 3.33. The molecule has 12 nitrogen and oxygen atoms in total. The third-order valence-corrected chi connectivity index (χ3v) is 5.48. The number of nitrogens with one attached hydrogen (secondary N) is 1. The largest absolute Gasteiger partial charge is 0.845 e. The Hall–Kier alpha value is -3.13. The minimum absolute atomic E-state index is 0.106. The lowest BCUT2D eigenvalue weighted by Crippen LogP contribution is -2.29. The Morgan fingerprint density at radius 2 is 2.03 bits per heavy atom. The lowest BCUT2D eigenvalue weighted by atomic mass is 10.3. The molecule has 0 amide bonds. The van der Waals surface area contributed by atoms with Gasteiger partial charge in [0.1, 0.15) is 11.7 Å². The maximum Gasteiger partial charge on any atom is 0.301 e. The molecule has 3 rings (SSSR count). The Balaban J connectivity index is 1.91. The maximum atomic E-state index is 12.7. The van der Waals surface area contributed by atoms with Crippen molar-refractivity contribution in [2.24, 2.45) is 9.55 Å². The summed E-state index contributed by atoms with van der Waals surface area (Å²) in [4.78, 5) is 16.6. The Bertz CT molecular complexity index is 1040. The average molecular weight is 439 g/mol. The van der Waals surface area contributed by atoms with E-state index >= 15 is 0 Å². The van der Waals surface area contributed by atoms with Crippen LogP contribution in [-0.4, -0.2) is 61.0 Å². The minimum atomic E-state index is -4.46. The van der Waals surface area contributed by atoms with Crippen molar-refractivity contribution in [1.82, 2.24) is 15.0 Å². The van der Waals surface area contributed by atoms with E-state index in [2.05, 4.69) is 29.8 Å². The second-order valence-electron chi connectivity index (χ2n) is 5.21. The number of rotatable bonds is 6. The summed E-state index contributed by atoms with van der Waals surface area (Å²) >= 11 is 1.31. The monoisotopic (exact) mass is 439 g/mol. The van der Waals surface area contributed by atoms with E-state index < -0.39 is 21.1 Å². The molecular weight excluding hydrogens is 424 g/mol. The molecule has 0 spiro atoms. The minimum Gasteiger partial charge on any atom is -0.845 e. The molecule has 0 aromatic carbocycles. The van der Waals surface area contributed by atoms with Crippen LogP contribution in [0.3, 0.4) is 0 Å². The first kappa shape index (κ1) is 20.6. The lowest BCUT2D eigenvalue weighted by Gasteiger charge is -2.15. The Kier molecular flexibility index (Phi) is 6.33. The van der Waals surface area contributed by atoms with E-state index in [0.29, 0.717) is 17.4 Å². The van der Waals surface area contributed by atoms with Gasteiger partial charge in [0.05, 0.1) is 26.3 Å². The van der Waals surface area contributed by atoms with Gasteiger partial charge in [-0.05, 0) is 12.1 Å².